The highest BCUT2D eigenvalue weighted by Crippen LogP contribution is 2.34. The second-order valence-corrected chi connectivity index (χ2v) is 10.6. The molecular formula is C24H30ClN5O3S. The van der Waals surface area contributed by atoms with Crippen LogP contribution in [0.1, 0.15) is 30.5 Å². The van der Waals surface area contributed by atoms with Crippen LogP contribution in [0.2, 0.25) is 5.02 Å². The first kappa shape index (κ1) is 25.9. The summed E-state index contributed by atoms with van der Waals surface area (Å²) in [5.41, 5.74) is 5.74. The van der Waals surface area contributed by atoms with E-state index >= 15 is 0 Å². The molecule has 182 valence electrons. The van der Waals surface area contributed by atoms with Gasteiger partial charge in [0.05, 0.1) is 28.4 Å². The van der Waals surface area contributed by atoms with Crippen molar-refractivity contribution < 1.29 is 13.2 Å². The Kier molecular flexibility index (Phi) is 7.80. The summed E-state index contributed by atoms with van der Waals surface area (Å²) in [5, 5.41) is 6.22. The maximum Gasteiger partial charge on any atom is 0.299 e. The van der Waals surface area contributed by atoms with Gasteiger partial charge in [-0.15, -0.1) is 0 Å². The summed E-state index contributed by atoms with van der Waals surface area (Å²) >= 11 is 6.44. The normalized spacial score (nSPS) is 15.3. The van der Waals surface area contributed by atoms with Crippen LogP contribution in [-0.2, 0) is 14.8 Å². The maximum absolute atomic E-state index is 13.2. The number of rotatable bonds is 8. The van der Waals surface area contributed by atoms with Gasteiger partial charge in [-0.3, -0.25) is 4.79 Å². The van der Waals surface area contributed by atoms with Gasteiger partial charge in [0.15, 0.2) is 5.71 Å². The molecule has 8 nitrogen and oxygen atoms in total. The number of halogens is 1. The molecule has 0 bridgehead atoms. The molecule has 2 aromatic carbocycles. The Morgan fingerprint density at radius 3 is 2.41 bits per heavy atom. The average molecular weight is 504 g/mol. The van der Waals surface area contributed by atoms with Crippen LogP contribution >= 0.6 is 11.6 Å². The summed E-state index contributed by atoms with van der Waals surface area (Å²) in [4.78, 5) is 19.9. The Labute approximate surface area is 206 Å². The number of sulfonamides is 1. The quantitative estimate of drug-likeness (QED) is 0.585. The molecule has 0 atom stereocenters. The second kappa shape index (κ2) is 10.2. The maximum atomic E-state index is 13.2. The number of carbonyl (C=O) groups excluding carboxylic acids is 1. The van der Waals surface area contributed by atoms with E-state index < -0.39 is 10.0 Å². The van der Waals surface area contributed by atoms with Crippen LogP contribution in [0.5, 0.6) is 0 Å². The van der Waals surface area contributed by atoms with Crippen LogP contribution < -0.4 is 14.6 Å². The molecule has 0 spiro atoms. The number of benzene rings is 2. The lowest BCUT2D eigenvalue weighted by Gasteiger charge is -2.24. The van der Waals surface area contributed by atoms with E-state index in [1.54, 1.807) is 6.92 Å². The minimum Gasteiger partial charge on any atom is -0.370 e. The van der Waals surface area contributed by atoms with Gasteiger partial charge < -0.3 is 4.90 Å². The zero-order chi connectivity index (χ0) is 25.2. The average Bonchev–Trinajstić information content (AvgIpc) is 2.99. The number of hydrazone groups is 1. The molecule has 1 N–H and O–H groups in total. The first-order chi connectivity index (χ1) is 15.9. The van der Waals surface area contributed by atoms with Gasteiger partial charge in [0.25, 0.3) is 5.91 Å². The van der Waals surface area contributed by atoms with Gasteiger partial charge in [0, 0.05) is 25.3 Å². The molecule has 2 aromatic rings. The van der Waals surface area contributed by atoms with Crippen LogP contribution in [0.25, 0.3) is 0 Å². The van der Waals surface area contributed by atoms with Crippen LogP contribution in [0.15, 0.2) is 40.4 Å². The van der Waals surface area contributed by atoms with Crippen LogP contribution in [0.3, 0.4) is 0 Å². The highest BCUT2D eigenvalue weighted by molar-refractivity contribution is 7.88. The Morgan fingerprint density at radius 1 is 1.12 bits per heavy atom. The zero-order valence-corrected chi connectivity index (χ0v) is 21.9. The predicted molar refractivity (Wildman–Crippen MR) is 141 cm³/mol. The second-order valence-electron chi connectivity index (χ2n) is 8.39. The zero-order valence-electron chi connectivity index (χ0n) is 20.3. The molecule has 1 aliphatic heterocycles. The Morgan fingerprint density at radius 2 is 1.82 bits per heavy atom. The molecular weight excluding hydrogens is 474 g/mol. The summed E-state index contributed by atoms with van der Waals surface area (Å²) in [7, 11) is -3.23. The molecule has 0 aliphatic carbocycles. The molecule has 0 saturated heterocycles. The molecule has 0 fully saturated rings. The number of hydrogen-bond donors (Lipinski definition) is 1. The van der Waals surface area contributed by atoms with Crippen LogP contribution in [-0.4, -0.2) is 51.6 Å². The van der Waals surface area contributed by atoms with Gasteiger partial charge in [-0.05, 0) is 75.6 Å². The molecule has 10 heteroatoms. The van der Waals surface area contributed by atoms with E-state index in [-0.39, 0.29) is 11.6 Å². The molecule has 0 unspecified atom stereocenters. The van der Waals surface area contributed by atoms with Crippen molar-refractivity contribution in [3.8, 4) is 0 Å². The molecule has 0 saturated carbocycles. The third-order valence-corrected chi connectivity index (χ3v) is 6.52. The lowest BCUT2D eigenvalue weighted by Crippen LogP contribution is -2.34. The van der Waals surface area contributed by atoms with Crippen molar-refractivity contribution in [3.63, 3.8) is 0 Å². The molecule has 0 aromatic heterocycles. The third-order valence-electron chi connectivity index (χ3n) is 5.50. The third kappa shape index (κ3) is 5.84. The summed E-state index contributed by atoms with van der Waals surface area (Å²) in [6.45, 7) is 11.1. The summed E-state index contributed by atoms with van der Waals surface area (Å²) in [5.74, 6) is -0.322. The van der Waals surface area contributed by atoms with Crippen molar-refractivity contribution in [3.05, 3.63) is 52.0 Å². The fourth-order valence-electron chi connectivity index (χ4n) is 3.87. The highest BCUT2D eigenvalue weighted by atomic mass is 35.5. The Hall–Kier alpha value is -2.75. The number of hydrogen-bond acceptors (Lipinski definition) is 6. The van der Waals surface area contributed by atoms with E-state index in [1.807, 2.05) is 58.0 Å². The van der Waals surface area contributed by atoms with Gasteiger partial charge in [-0.2, -0.15) is 10.1 Å². The number of nitrogens with one attached hydrogen (secondary N) is 1. The van der Waals surface area contributed by atoms with Crippen molar-refractivity contribution in [2.45, 2.75) is 34.6 Å². The number of anilines is 2. The monoisotopic (exact) mass is 503 g/mol. The largest absolute Gasteiger partial charge is 0.370 e. The Balaban J connectivity index is 1.85. The SMILES string of the molecule is CCN(CCNS(C)(=O)=O)c1ccc(N=C2C(=O)N(c3c(C)cc(C)cc3Cl)N=C2C)c(C)c1. The summed E-state index contributed by atoms with van der Waals surface area (Å²) in [6, 6.07) is 9.53. The topological polar surface area (TPSA) is 94.4 Å². The number of carbonyl (C=O) groups is 1. The summed E-state index contributed by atoms with van der Waals surface area (Å²) in [6.07, 6.45) is 1.15. The number of amides is 1. The standard InChI is InChI=1S/C24H30ClN5O3S/c1-7-29(11-10-26-34(6,32)33)19-8-9-21(16(3)14-19)27-22-18(5)28-30(24(22)31)23-17(4)12-15(2)13-20(23)25/h8-9,12-14,26H,7,10-11H2,1-6H3. The molecule has 34 heavy (non-hydrogen) atoms. The fraction of sp³-hybridized carbons (Fsp3) is 0.375. The minimum atomic E-state index is -3.23. The molecule has 1 heterocycles. The molecule has 3 rings (SSSR count). The first-order valence-corrected chi connectivity index (χ1v) is 13.2. The first-order valence-electron chi connectivity index (χ1n) is 11.0. The lowest BCUT2D eigenvalue weighted by molar-refractivity contribution is -0.112. The number of nitrogens with zero attached hydrogens (tertiary/aromatic N) is 4. The van der Waals surface area contributed by atoms with E-state index in [4.69, 9.17) is 11.6 Å². The summed E-state index contributed by atoms with van der Waals surface area (Å²) < 4.78 is 25.2. The fourth-order valence-corrected chi connectivity index (χ4v) is 4.74. The van der Waals surface area contributed by atoms with Gasteiger partial charge in [-0.1, -0.05) is 17.7 Å². The van der Waals surface area contributed by atoms with E-state index in [2.05, 4.69) is 19.7 Å². The smallest absolute Gasteiger partial charge is 0.299 e. The number of likely N-dealkylation sites (N-methyl/N-ethyl adjacent to an activating group) is 1. The van der Waals surface area contributed by atoms with Crippen LogP contribution in [0.4, 0.5) is 17.1 Å². The minimum absolute atomic E-state index is 0.275. The van der Waals surface area contributed by atoms with E-state index in [1.165, 1.54) is 5.01 Å². The van der Waals surface area contributed by atoms with Gasteiger partial charge in [0.2, 0.25) is 10.0 Å². The van der Waals surface area contributed by atoms with E-state index in [9.17, 15) is 13.2 Å². The van der Waals surface area contributed by atoms with Crippen LogP contribution in [0, 0.1) is 20.8 Å². The Bertz CT molecular complexity index is 1260. The van der Waals surface area contributed by atoms with Gasteiger partial charge in [-0.25, -0.2) is 18.1 Å². The van der Waals surface area contributed by atoms with Crippen molar-refractivity contribution in [2.75, 3.05) is 35.8 Å². The van der Waals surface area contributed by atoms with Crippen molar-refractivity contribution in [1.29, 1.82) is 0 Å². The van der Waals surface area contributed by atoms with E-state index in [0.717, 1.165) is 28.6 Å². The van der Waals surface area contributed by atoms with E-state index in [0.29, 0.717) is 41.7 Å². The van der Waals surface area contributed by atoms with Crippen molar-refractivity contribution in [1.82, 2.24) is 4.72 Å². The molecule has 1 aliphatic rings. The van der Waals surface area contributed by atoms with Gasteiger partial charge in [0.1, 0.15) is 0 Å². The van der Waals surface area contributed by atoms with Gasteiger partial charge >= 0.3 is 0 Å². The number of aliphatic imine (C=N–C) groups is 1. The highest BCUT2D eigenvalue weighted by Gasteiger charge is 2.32. The molecule has 0 radical (unpaired) electrons. The molecule has 1 amide bonds. The lowest BCUT2D eigenvalue weighted by atomic mass is 10.1. The predicted octanol–water partition coefficient (Wildman–Crippen LogP) is 4.14. The van der Waals surface area contributed by atoms with Crippen molar-refractivity contribution in [2.24, 2.45) is 10.1 Å². The van der Waals surface area contributed by atoms with Crippen molar-refractivity contribution >= 4 is 56.0 Å². The number of aryl methyl sites for hydroxylation is 3.